The zero-order valence-corrected chi connectivity index (χ0v) is 10.0. The lowest BCUT2D eigenvalue weighted by Crippen LogP contribution is -2.37. The fourth-order valence-electron chi connectivity index (χ4n) is 2.38. The Labute approximate surface area is 101 Å². The summed E-state index contributed by atoms with van der Waals surface area (Å²) >= 11 is 0. The molecular weight excluding hydrogens is 218 g/mol. The summed E-state index contributed by atoms with van der Waals surface area (Å²) in [7, 11) is 0. The molecule has 1 N–H and O–H groups in total. The Kier molecular flexibility index (Phi) is 3.11. The Balaban J connectivity index is 1.54. The maximum Gasteiger partial charge on any atom is 0.240 e. The summed E-state index contributed by atoms with van der Waals surface area (Å²) in [6, 6.07) is 0. The number of likely N-dealkylation sites (tertiary alicyclic amines) is 1. The second-order valence-corrected chi connectivity index (χ2v) is 5.28. The van der Waals surface area contributed by atoms with Crippen LogP contribution in [0.3, 0.4) is 0 Å². The molecule has 0 bridgehead atoms. The van der Waals surface area contributed by atoms with E-state index >= 15 is 0 Å². The van der Waals surface area contributed by atoms with Gasteiger partial charge in [0.1, 0.15) is 0 Å². The average molecular weight is 237 g/mol. The van der Waals surface area contributed by atoms with Crippen LogP contribution in [-0.4, -0.2) is 39.3 Å². The van der Waals surface area contributed by atoms with Crippen molar-refractivity contribution in [1.29, 1.82) is 0 Å². The molecule has 5 heteroatoms. The zero-order valence-electron chi connectivity index (χ0n) is 10.0. The zero-order chi connectivity index (χ0) is 11.7. The van der Waals surface area contributed by atoms with Crippen molar-refractivity contribution < 1.29 is 9.63 Å². The lowest BCUT2D eigenvalue weighted by Gasteiger charge is -2.28. The molecule has 5 nitrogen and oxygen atoms in total. The van der Waals surface area contributed by atoms with Crippen molar-refractivity contribution in [3.8, 4) is 0 Å². The van der Waals surface area contributed by atoms with Gasteiger partial charge in [-0.3, -0.25) is 4.90 Å². The van der Waals surface area contributed by atoms with Crippen molar-refractivity contribution in [3.05, 3.63) is 11.7 Å². The molecular formula is C12H19N3O2. The highest BCUT2D eigenvalue weighted by Crippen LogP contribution is 2.31. The molecule has 1 aliphatic heterocycles. The number of hydrogen-bond acceptors (Lipinski definition) is 5. The second kappa shape index (κ2) is 4.74. The smallest absolute Gasteiger partial charge is 0.240 e. The number of aromatic nitrogens is 2. The average Bonchev–Trinajstić information content (AvgIpc) is 2.99. The predicted octanol–water partition coefficient (Wildman–Crippen LogP) is 0.979. The van der Waals surface area contributed by atoms with Gasteiger partial charge in [-0.25, -0.2) is 0 Å². The Morgan fingerprint density at radius 3 is 3.00 bits per heavy atom. The largest absolute Gasteiger partial charge is 0.392 e. The van der Waals surface area contributed by atoms with Gasteiger partial charge in [-0.05, 0) is 38.1 Å². The van der Waals surface area contributed by atoms with E-state index in [2.05, 4.69) is 15.0 Å². The van der Waals surface area contributed by atoms with E-state index in [1.54, 1.807) is 0 Å². The molecule has 2 fully saturated rings. The Morgan fingerprint density at radius 1 is 1.35 bits per heavy atom. The van der Waals surface area contributed by atoms with Gasteiger partial charge in [0.05, 0.1) is 12.6 Å². The second-order valence-electron chi connectivity index (χ2n) is 5.28. The molecule has 1 aliphatic carbocycles. The third-order valence-corrected chi connectivity index (χ3v) is 3.52. The summed E-state index contributed by atoms with van der Waals surface area (Å²) in [6.45, 7) is 2.41. The molecule has 0 radical (unpaired) electrons. The number of piperidine rings is 1. The fourth-order valence-corrected chi connectivity index (χ4v) is 2.38. The van der Waals surface area contributed by atoms with Gasteiger partial charge in [-0.15, -0.1) is 0 Å². The van der Waals surface area contributed by atoms with E-state index in [1.807, 2.05) is 0 Å². The lowest BCUT2D eigenvalue weighted by atomic mass is 10.1. The minimum atomic E-state index is -0.197. The van der Waals surface area contributed by atoms with E-state index in [9.17, 15) is 5.11 Å². The molecule has 94 valence electrons. The molecule has 3 rings (SSSR count). The topological polar surface area (TPSA) is 62.4 Å². The molecule has 0 amide bonds. The maximum absolute atomic E-state index is 9.58. The van der Waals surface area contributed by atoms with Crippen LogP contribution in [0.5, 0.6) is 0 Å². The van der Waals surface area contributed by atoms with E-state index in [4.69, 9.17) is 4.52 Å². The van der Waals surface area contributed by atoms with Gasteiger partial charge >= 0.3 is 0 Å². The van der Waals surface area contributed by atoms with Crippen LogP contribution in [0.4, 0.5) is 0 Å². The van der Waals surface area contributed by atoms with Crippen molar-refractivity contribution in [1.82, 2.24) is 15.0 Å². The van der Waals surface area contributed by atoms with E-state index < -0.39 is 0 Å². The first-order valence-electron chi connectivity index (χ1n) is 6.51. The molecule has 2 heterocycles. The Bertz CT molecular complexity index is 376. The normalized spacial score (nSPS) is 26.3. The number of β-amino-alcohol motifs (C(OH)–C–C–N with tert-alkyl or cyclic N) is 1. The van der Waals surface area contributed by atoms with Gasteiger partial charge in [0, 0.05) is 13.0 Å². The first kappa shape index (κ1) is 11.2. The quantitative estimate of drug-likeness (QED) is 0.845. The van der Waals surface area contributed by atoms with Crippen LogP contribution < -0.4 is 0 Å². The third kappa shape index (κ3) is 3.04. The van der Waals surface area contributed by atoms with E-state index in [0.717, 1.165) is 44.1 Å². The molecule has 1 saturated carbocycles. The molecule has 1 aromatic rings. The van der Waals surface area contributed by atoms with Crippen molar-refractivity contribution in [2.24, 2.45) is 5.92 Å². The minimum Gasteiger partial charge on any atom is -0.392 e. The minimum absolute atomic E-state index is 0.197. The summed E-state index contributed by atoms with van der Waals surface area (Å²) in [5.74, 6) is 2.33. The number of aliphatic hydroxyl groups excluding tert-OH is 1. The Hall–Kier alpha value is -0.940. The standard InChI is InChI=1S/C12H19N3O2/c16-10-2-1-5-15(7-10)8-12-13-11(14-17-12)6-9-3-4-9/h9-10,16H,1-8H2. The van der Waals surface area contributed by atoms with Crippen LogP contribution in [-0.2, 0) is 13.0 Å². The van der Waals surface area contributed by atoms with E-state index in [1.165, 1.54) is 12.8 Å². The number of aliphatic hydroxyl groups is 1. The molecule has 0 spiro atoms. The van der Waals surface area contributed by atoms with Crippen LogP contribution in [0.2, 0.25) is 0 Å². The number of rotatable bonds is 4. The summed E-state index contributed by atoms with van der Waals surface area (Å²) in [5.41, 5.74) is 0. The van der Waals surface area contributed by atoms with Crippen molar-refractivity contribution in [2.45, 2.75) is 44.8 Å². The highest BCUT2D eigenvalue weighted by molar-refractivity contribution is 4.92. The molecule has 17 heavy (non-hydrogen) atoms. The van der Waals surface area contributed by atoms with Crippen LogP contribution in [0, 0.1) is 5.92 Å². The molecule has 1 saturated heterocycles. The van der Waals surface area contributed by atoms with Gasteiger partial charge in [0.15, 0.2) is 5.82 Å². The summed E-state index contributed by atoms with van der Waals surface area (Å²) in [6.07, 6.45) is 5.34. The van der Waals surface area contributed by atoms with Gasteiger partial charge in [-0.2, -0.15) is 4.98 Å². The molecule has 0 aromatic carbocycles. The van der Waals surface area contributed by atoms with Gasteiger partial charge in [0.2, 0.25) is 5.89 Å². The SMILES string of the molecule is OC1CCCN(Cc2nc(CC3CC3)no2)C1. The summed E-state index contributed by atoms with van der Waals surface area (Å²) in [5, 5.41) is 13.6. The van der Waals surface area contributed by atoms with E-state index in [0.29, 0.717) is 12.4 Å². The third-order valence-electron chi connectivity index (χ3n) is 3.52. The summed E-state index contributed by atoms with van der Waals surface area (Å²) in [4.78, 5) is 6.59. The van der Waals surface area contributed by atoms with Gasteiger partial charge in [0.25, 0.3) is 0 Å². The molecule has 2 aliphatic rings. The molecule has 1 unspecified atom stereocenters. The number of hydrogen-bond donors (Lipinski definition) is 1. The van der Waals surface area contributed by atoms with Crippen molar-refractivity contribution >= 4 is 0 Å². The number of nitrogens with zero attached hydrogens (tertiary/aromatic N) is 3. The van der Waals surface area contributed by atoms with Crippen LogP contribution in [0.25, 0.3) is 0 Å². The fraction of sp³-hybridized carbons (Fsp3) is 0.833. The van der Waals surface area contributed by atoms with Gasteiger partial charge < -0.3 is 9.63 Å². The Morgan fingerprint density at radius 2 is 2.24 bits per heavy atom. The van der Waals surface area contributed by atoms with Crippen molar-refractivity contribution in [2.75, 3.05) is 13.1 Å². The first-order chi connectivity index (χ1) is 8.29. The first-order valence-corrected chi connectivity index (χ1v) is 6.51. The van der Waals surface area contributed by atoms with Crippen molar-refractivity contribution in [3.63, 3.8) is 0 Å². The van der Waals surface area contributed by atoms with E-state index in [-0.39, 0.29) is 6.10 Å². The highest BCUT2D eigenvalue weighted by Gasteiger charge is 2.25. The van der Waals surface area contributed by atoms with Gasteiger partial charge in [-0.1, -0.05) is 5.16 Å². The van der Waals surface area contributed by atoms with Crippen LogP contribution in [0.15, 0.2) is 4.52 Å². The molecule has 1 atom stereocenters. The molecule has 1 aromatic heterocycles. The highest BCUT2D eigenvalue weighted by atomic mass is 16.5. The van der Waals surface area contributed by atoms with Crippen LogP contribution >= 0.6 is 0 Å². The lowest BCUT2D eigenvalue weighted by molar-refractivity contribution is 0.0613. The maximum atomic E-state index is 9.58. The predicted molar refractivity (Wildman–Crippen MR) is 61.2 cm³/mol. The monoisotopic (exact) mass is 237 g/mol. The summed E-state index contributed by atoms with van der Waals surface area (Å²) < 4.78 is 5.25. The van der Waals surface area contributed by atoms with Crippen LogP contribution in [0.1, 0.15) is 37.4 Å².